The van der Waals surface area contributed by atoms with Crippen LogP contribution >= 0.6 is 11.6 Å². The molecule has 22 heavy (non-hydrogen) atoms. The van der Waals surface area contributed by atoms with Crippen LogP contribution in [0, 0.1) is 0 Å². The molecule has 0 aliphatic heterocycles. The Hall–Kier alpha value is -1.32. The maximum absolute atomic E-state index is 6.12. The first kappa shape index (κ1) is 17.0. The minimum absolute atomic E-state index is 0.431. The number of fused-ring (bicyclic) bond motifs is 1. The molecule has 0 saturated heterocycles. The van der Waals surface area contributed by atoms with Gasteiger partial charge >= 0.3 is 0 Å². The van der Waals surface area contributed by atoms with Crippen LogP contribution in [0.2, 0.25) is 5.02 Å². The van der Waals surface area contributed by atoms with E-state index < -0.39 is 0 Å². The number of aromatic nitrogens is 1. The average molecular weight is 320 g/mol. The lowest BCUT2D eigenvalue weighted by atomic mass is 10.1. The van der Waals surface area contributed by atoms with Crippen molar-refractivity contribution in [2.45, 2.75) is 39.7 Å². The Morgan fingerprint density at radius 3 is 2.73 bits per heavy atom. The Kier molecular flexibility index (Phi) is 6.47. The van der Waals surface area contributed by atoms with Gasteiger partial charge in [-0.05, 0) is 63.7 Å². The lowest BCUT2D eigenvalue weighted by molar-refractivity contribution is 0.295. The summed E-state index contributed by atoms with van der Waals surface area (Å²) < 4.78 is 0. The highest BCUT2D eigenvalue weighted by atomic mass is 35.5. The monoisotopic (exact) mass is 319 g/mol. The van der Waals surface area contributed by atoms with Gasteiger partial charge in [0.25, 0.3) is 0 Å². The van der Waals surface area contributed by atoms with Crippen LogP contribution in [0.1, 0.15) is 33.6 Å². The summed E-state index contributed by atoms with van der Waals surface area (Å²) in [6.07, 6.45) is 4.21. The molecule has 1 aromatic heterocycles. The van der Waals surface area contributed by atoms with E-state index in [1.54, 1.807) is 0 Å². The normalized spacial score (nSPS) is 12.8. The van der Waals surface area contributed by atoms with Crippen LogP contribution in [0.15, 0.2) is 30.5 Å². The molecule has 0 amide bonds. The van der Waals surface area contributed by atoms with Crippen molar-refractivity contribution in [3.05, 3.63) is 35.5 Å². The molecule has 1 unspecified atom stereocenters. The number of anilines is 1. The highest BCUT2D eigenvalue weighted by Crippen LogP contribution is 2.25. The number of halogens is 1. The Bertz CT molecular complexity index is 596. The van der Waals surface area contributed by atoms with Gasteiger partial charge in [-0.1, -0.05) is 25.4 Å². The first-order valence-corrected chi connectivity index (χ1v) is 8.55. The molecule has 3 nitrogen and oxygen atoms in total. The summed E-state index contributed by atoms with van der Waals surface area (Å²) in [5.74, 6) is 0. The molecule has 1 N–H and O–H groups in total. The molecule has 0 spiro atoms. The van der Waals surface area contributed by atoms with Crippen molar-refractivity contribution in [1.82, 2.24) is 9.88 Å². The molecule has 0 radical (unpaired) electrons. The molecule has 0 saturated carbocycles. The summed E-state index contributed by atoms with van der Waals surface area (Å²) in [6, 6.07) is 8.29. The van der Waals surface area contributed by atoms with E-state index in [4.69, 9.17) is 11.6 Å². The van der Waals surface area contributed by atoms with Crippen LogP contribution in [-0.2, 0) is 0 Å². The van der Waals surface area contributed by atoms with E-state index in [-0.39, 0.29) is 0 Å². The molecule has 0 aliphatic rings. The van der Waals surface area contributed by atoms with Gasteiger partial charge in [-0.25, -0.2) is 0 Å². The van der Waals surface area contributed by atoms with Gasteiger partial charge in [0, 0.05) is 28.3 Å². The van der Waals surface area contributed by atoms with Crippen molar-refractivity contribution < 1.29 is 0 Å². The maximum Gasteiger partial charge on any atom is 0.0723 e. The Labute approximate surface area is 138 Å². The van der Waals surface area contributed by atoms with E-state index in [1.807, 2.05) is 30.5 Å². The molecule has 2 rings (SSSR count). The molecular weight excluding hydrogens is 294 g/mol. The molecule has 1 aromatic carbocycles. The lowest BCUT2D eigenvalue weighted by Crippen LogP contribution is -2.25. The minimum atomic E-state index is 0.431. The zero-order valence-corrected chi connectivity index (χ0v) is 14.5. The number of nitrogens with one attached hydrogen (secondary N) is 1. The van der Waals surface area contributed by atoms with Gasteiger partial charge in [0.15, 0.2) is 0 Å². The standard InChI is InChI=1S/C18H26ClN3/c1-4-22(5-2)12-6-7-14(3)21-18-10-11-20-17-9-8-15(19)13-16(17)18/h8-11,13-14H,4-7,12H2,1-3H3,(H,20,21). The fourth-order valence-electron chi connectivity index (χ4n) is 2.74. The van der Waals surface area contributed by atoms with Crippen LogP contribution in [0.25, 0.3) is 10.9 Å². The van der Waals surface area contributed by atoms with E-state index in [0.717, 1.165) is 41.1 Å². The summed E-state index contributed by atoms with van der Waals surface area (Å²) in [6.45, 7) is 10.1. The zero-order valence-electron chi connectivity index (χ0n) is 13.8. The number of hydrogen-bond donors (Lipinski definition) is 1. The third-order valence-corrected chi connectivity index (χ3v) is 4.35. The van der Waals surface area contributed by atoms with Gasteiger partial charge in [0.2, 0.25) is 0 Å². The fraction of sp³-hybridized carbons (Fsp3) is 0.500. The Balaban J connectivity index is 1.97. The SMILES string of the molecule is CCN(CC)CCCC(C)Nc1ccnc2ccc(Cl)cc12. The largest absolute Gasteiger partial charge is 0.382 e. The van der Waals surface area contributed by atoms with Crippen molar-refractivity contribution in [3.8, 4) is 0 Å². The van der Waals surface area contributed by atoms with Gasteiger partial charge < -0.3 is 10.2 Å². The van der Waals surface area contributed by atoms with E-state index in [9.17, 15) is 0 Å². The lowest BCUT2D eigenvalue weighted by Gasteiger charge is -2.20. The first-order chi connectivity index (χ1) is 10.6. The van der Waals surface area contributed by atoms with E-state index in [0.29, 0.717) is 6.04 Å². The van der Waals surface area contributed by atoms with Gasteiger partial charge in [-0.15, -0.1) is 0 Å². The summed E-state index contributed by atoms with van der Waals surface area (Å²) in [7, 11) is 0. The number of benzene rings is 1. The summed E-state index contributed by atoms with van der Waals surface area (Å²) >= 11 is 6.12. The molecule has 0 fully saturated rings. The van der Waals surface area contributed by atoms with Crippen LogP contribution < -0.4 is 5.32 Å². The molecule has 0 aliphatic carbocycles. The molecule has 2 aromatic rings. The van der Waals surface area contributed by atoms with Gasteiger partial charge in [-0.2, -0.15) is 0 Å². The quantitative estimate of drug-likeness (QED) is 0.756. The number of hydrogen-bond acceptors (Lipinski definition) is 3. The van der Waals surface area contributed by atoms with E-state index >= 15 is 0 Å². The highest BCUT2D eigenvalue weighted by molar-refractivity contribution is 6.31. The third-order valence-electron chi connectivity index (χ3n) is 4.11. The van der Waals surface area contributed by atoms with Crippen molar-refractivity contribution in [3.63, 3.8) is 0 Å². The molecule has 4 heteroatoms. The van der Waals surface area contributed by atoms with Crippen molar-refractivity contribution in [1.29, 1.82) is 0 Å². The second-order valence-electron chi connectivity index (χ2n) is 5.73. The third kappa shape index (κ3) is 4.59. The molecule has 1 atom stereocenters. The van der Waals surface area contributed by atoms with E-state index in [2.05, 4.69) is 36.0 Å². The van der Waals surface area contributed by atoms with Crippen molar-refractivity contribution in [2.24, 2.45) is 0 Å². The predicted octanol–water partition coefficient (Wildman–Crippen LogP) is 4.81. The van der Waals surface area contributed by atoms with Crippen LogP contribution in [0.3, 0.4) is 0 Å². The average Bonchev–Trinajstić information content (AvgIpc) is 2.52. The molecule has 120 valence electrons. The molecule has 1 heterocycles. The van der Waals surface area contributed by atoms with Gasteiger partial charge in [0.1, 0.15) is 0 Å². The second-order valence-corrected chi connectivity index (χ2v) is 6.17. The Morgan fingerprint density at radius 1 is 1.23 bits per heavy atom. The maximum atomic E-state index is 6.12. The fourth-order valence-corrected chi connectivity index (χ4v) is 2.91. The number of nitrogens with zero attached hydrogens (tertiary/aromatic N) is 2. The predicted molar refractivity (Wildman–Crippen MR) is 96.9 cm³/mol. The zero-order chi connectivity index (χ0) is 15.9. The topological polar surface area (TPSA) is 28.2 Å². The van der Waals surface area contributed by atoms with Crippen molar-refractivity contribution >= 4 is 28.2 Å². The summed E-state index contributed by atoms with van der Waals surface area (Å²) in [5.41, 5.74) is 2.09. The second kappa shape index (κ2) is 8.35. The van der Waals surface area contributed by atoms with E-state index in [1.165, 1.54) is 13.0 Å². The smallest absolute Gasteiger partial charge is 0.0723 e. The highest BCUT2D eigenvalue weighted by Gasteiger charge is 2.07. The number of pyridine rings is 1. The Morgan fingerprint density at radius 2 is 2.00 bits per heavy atom. The summed E-state index contributed by atoms with van der Waals surface area (Å²) in [5, 5.41) is 5.44. The van der Waals surface area contributed by atoms with Crippen molar-refractivity contribution in [2.75, 3.05) is 25.0 Å². The minimum Gasteiger partial charge on any atom is -0.382 e. The molecular formula is C18H26ClN3. The van der Waals surface area contributed by atoms with Gasteiger partial charge in [0.05, 0.1) is 5.52 Å². The summed E-state index contributed by atoms with van der Waals surface area (Å²) in [4.78, 5) is 6.86. The van der Waals surface area contributed by atoms with Crippen LogP contribution in [0.4, 0.5) is 5.69 Å². The van der Waals surface area contributed by atoms with Crippen LogP contribution in [-0.4, -0.2) is 35.6 Å². The number of rotatable bonds is 8. The molecule has 0 bridgehead atoms. The van der Waals surface area contributed by atoms with Gasteiger partial charge in [-0.3, -0.25) is 4.98 Å². The van der Waals surface area contributed by atoms with Crippen LogP contribution in [0.5, 0.6) is 0 Å². The first-order valence-electron chi connectivity index (χ1n) is 8.17.